The fourth-order valence-corrected chi connectivity index (χ4v) is 1.11. The van der Waals surface area contributed by atoms with E-state index < -0.39 is 0 Å². The van der Waals surface area contributed by atoms with Gasteiger partial charge in [0.15, 0.2) is 0 Å². The van der Waals surface area contributed by atoms with E-state index in [0.29, 0.717) is 0 Å². The molecule has 3 nitrogen and oxygen atoms in total. The molecule has 13 heavy (non-hydrogen) atoms. The van der Waals surface area contributed by atoms with E-state index in [-0.39, 0.29) is 5.91 Å². The third-order valence-electron chi connectivity index (χ3n) is 1.66. The molecule has 0 atom stereocenters. The zero-order chi connectivity index (χ0) is 9.68. The van der Waals surface area contributed by atoms with E-state index in [0.717, 1.165) is 12.2 Å². The number of benzene rings is 1. The monoisotopic (exact) mass is 178 g/mol. The van der Waals surface area contributed by atoms with Crippen molar-refractivity contribution in [3.8, 4) is 0 Å². The van der Waals surface area contributed by atoms with Gasteiger partial charge in [-0.1, -0.05) is 12.1 Å². The van der Waals surface area contributed by atoms with Crippen molar-refractivity contribution < 1.29 is 4.79 Å². The molecule has 0 saturated carbocycles. The van der Waals surface area contributed by atoms with Crippen LogP contribution in [0.4, 0.5) is 5.69 Å². The van der Waals surface area contributed by atoms with Crippen LogP contribution in [-0.2, 0) is 11.3 Å². The van der Waals surface area contributed by atoms with Crippen molar-refractivity contribution in [3.05, 3.63) is 29.8 Å². The average molecular weight is 178 g/mol. The lowest BCUT2D eigenvalue weighted by Crippen LogP contribution is -2.07. The SMILES string of the molecule is CNCc1ccc(NC(C)=O)cc1. The van der Waals surface area contributed by atoms with Crippen LogP contribution in [0.3, 0.4) is 0 Å². The molecule has 0 saturated heterocycles. The second-order valence-corrected chi connectivity index (χ2v) is 2.91. The fourth-order valence-electron chi connectivity index (χ4n) is 1.11. The van der Waals surface area contributed by atoms with Gasteiger partial charge in [-0.3, -0.25) is 4.79 Å². The molecule has 0 aromatic heterocycles. The van der Waals surface area contributed by atoms with Crippen LogP contribution in [0.25, 0.3) is 0 Å². The Morgan fingerprint density at radius 3 is 2.38 bits per heavy atom. The minimum atomic E-state index is -0.0404. The van der Waals surface area contributed by atoms with Crippen LogP contribution in [0.15, 0.2) is 24.3 Å². The molecule has 0 aliphatic heterocycles. The van der Waals surface area contributed by atoms with Gasteiger partial charge >= 0.3 is 0 Å². The van der Waals surface area contributed by atoms with Crippen LogP contribution in [0.1, 0.15) is 12.5 Å². The minimum absolute atomic E-state index is 0.0404. The smallest absolute Gasteiger partial charge is 0.221 e. The summed E-state index contributed by atoms with van der Waals surface area (Å²) in [6.45, 7) is 2.35. The van der Waals surface area contributed by atoms with Crippen LogP contribution >= 0.6 is 0 Å². The fraction of sp³-hybridized carbons (Fsp3) is 0.300. The predicted molar refractivity (Wildman–Crippen MR) is 53.5 cm³/mol. The number of carbonyl (C=O) groups excluding carboxylic acids is 1. The summed E-state index contributed by atoms with van der Waals surface area (Å²) in [5.74, 6) is -0.0404. The Morgan fingerprint density at radius 2 is 1.92 bits per heavy atom. The Hall–Kier alpha value is -1.35. The summed E-state index contributed by atoms with van der Waals surface area (Å²) in [6, 6.07) is 7.77. The molecule has 1 aromatic carbocycles. The molecule has 0 bridgehead atoms. The van der Waals surface area contributed by atoms with Crippen molar-refractivity contribution in [1.29, 1.82) is 0 Å². The Labute approximate surface area is 78.2 Å². The lowest BCUT2D eigenvalue weighted by atomic mass is 10.2. The van der Waals surface area contributed by atoms with E-state index in [2.05, 4.69) is 10.6 Å². The Bertz CT molecular complexity index is 279. The van der Waals surface area contributed by atoms with E-state index >= 15 is 0 Å². The number of hydrogen-bond acceptors (Lipinski definition) is 2. The zero-order valence-electron chi connectivity index (χ0n) is 7.92. The molecule has 0 unspecified atom stereocenters. The number of hydrogen-bond donors (Lipinski definition) is 2. The Balaban J connectivity index is 2.64. The van der Waals surface area contributed by atoms with Crippen LogP contribution in [0.5, 0.6) is 0 Å². The van der Waals surface area contributed by atoms with E-state index in [1.165, 1.54) is 12.5 Å². The number of nitrogens with one attached hydrogen (secondary N) is 2. The molecular formula is C10H14N2O. The summed E-state index contributed by atoms with van der Waals surface area (Å²) in [5.41, 5.74) is 2.05. The van der Waals surface area contributed by atoms with Crippen molar-refractivity contribution in [2.24, 2.45) is 0 Å². The van der Waals surface area contributed by atoms with Crippen molar-refractivity contribution in [2.45, 2.75) is 13.5 Å². The first-order chi connectivity index (χ1) is 6.22. The molecule has 0 radical (unpaired) electrons. The molecule has 2 N–H and O–H groups in total. The predicted octanol–water partition coefficient (Wildman–Crippen LogP) is 1.36. The highest BCUT2D eigenvalue weighted by molar-refractivity contribution is 5.88. The first kappa shape index (κ1) is 9.74. The number of amides is 1. The Morgan fingerprint density at radius 1 is 1.31 bits per heavy atom. The van der Waals surface area contributed by atoms with Gasteiger partial charge in [-0.05, 0) is 24.7 Å². The second-order valence-electron chi connectivity index (χ2n) is 2.91. The van der Waals surface area contributed by atoms with E-state index in [9.17, 15) is 4.79 Å². The topological polar surface area (TPSA) is 41.1 Å². The highest BCUT2D eigenvalue weighted by Crippen LogP contribution is 2.08. The van der Waals surface area contributed by atoms with Gasteiger partial charge in [0.25, 0.3) is 0 Å². The highest BCUT2D eigenvalue weighted by Gasteiger charge is 1.94. The molecular weight excluding hydrogens is 164 g/mol. The van der Waals surface area contributed by atoms with Crippen molar-refractivity contribution >= 4 is 11.6 Å². The lowest BCUT2D eigenvalue weighted by molar-refractivity contribution is -0.114. The second kappa shape index (κ2) is 4.62. The van der Waals surface area contributed by atoms with Gasteiger partial charge in [0, 0.05) is 19.2 Å². The molecule has 0 aliphatic carbocycles. The molecule has 70 valence electrons. The maximum atomic E-state index is 10.7. The van der Waals surface area contributed by atoms with Crippen LogP contribution in [0.2, 0.25) is 0 Å². The normalized spacial score (nSPS) is 9.69. The maximum absolute atomic E-state index is 10.7. The summed E-state index contributed by atoms with van der Waals surface area (Å²) >= 11 is 0. The quantitative estimate of drug-likeness (QED) is 0.733. The van der Waals surface area contributed by atoms with Crippen molar-refractivity contribution in [3.63, 3.8) is 0 Å². The standard InChI is InChI=1S/C10H14N2O/c1-8(13)12-10-5-3-9(4-6-10)7-11-2/h3-6,11H,7H2,1-2H3,(H,12,13). The summed E-state index contributed by atoms with van der Waals surface area (Å²) in [7, 11) is 1.90. The molecule has 0 fully saturated rings. The van der Waals surface area contributed by atoms with E-state index in [1.54, 1.807) is 0 Å². The molecule has 1 amide bonds. The maximum Gasteiger partial charge on any atom is 0.221 e. The largest absolute Gasteiger partial charge is 0.326 e. The minimum Gasteiger partial charge on any atom is -0.326 e. The van der Waals surface area contributed by atoms with E-state index in [4.69, 9.17) is 0 Å². The van der Waals surface area contributed by atoms with Gasteiger partial charge in [0.05, 0.1) is 0 Å². The third-order valence-corrected chi connectivity index (χ3v) is 1.66. The summed E-state index contributed by atoms with van der Waals surface area (Å²) < 4.78 is 0. The summed E-state index contributed by atoms with van der Waals surface area (Å²) in [6.07, 6.45) is 0. The summed E-state index contributed by atoms with van der Waals surface area (Å²) in [5, 5.41) is 5.77. The van der Waals surface area contributed by atoms with E-state index in [1.807, 2.05) is 31.3 Å². The first-order valence-electron chi connectivity index (χ1n) is 4.23. The molecule has 3 heteroatoms. The van der Waals surface area contributed by atoms with Gasteiger partial charge < -0.3 is 10.6 Å². The van der Waals surface area contributed by atoms with Gasteiger partial charge in [0.2, 0.25) is 5.91 Å². The Kier molecular flexibility index (Phi) is 3.46. The molecule has 1 rings (SSSR count). The first-order valence-corrected chi connectivity index (χ1v) is 4.23. The van der Waals surface area contributed by atoms with Gasteiger partial charge in [-0.2, -0.15) is 0 Å². The van der Waals surface area contributed by atoms with Crippen LogP contribution in [-0.4, -0.2) is 13.0 Å². The lowest BCUT2D eigenvalue weighted by Gasteiger charge is -2.03. The molecule has 0 spiro atoms. The number of rotatable bonds is 3. The summed E-state index contributed by atoms with van der Waals surface area (Å²) in [4.78, 5) is 10.7. The van der Waals surface area contributed by atoms with Gasteiger partial charge in [-0.15, -0.1) is 0 Å². The van der Waals surface area contributed by atoms with Gasteiger partial charge in [-0.25, -0.2) is 0 Å². The average Bonchev–Trinajstić information content (AvgIpc) is 2.08. The zero-order valence-corrected chi connectivity index (χ0v) is 7.92. The van der Waals surface area contributed by atoms with Gasteiger partial charge in [0.1, 0.15) is 0 Å². The number of anilines is 1. The van der Waals surface area contributed by atoms with Crippen molar-refractivity contribution in [2.75, 3.05) is 12.4 Å². The van der Waals surface area contributed by atoms with Crippen molar-refractivity contribution in [1.82, 2.24) is 5.32 Å². The molecule has 0 heterocycles. The van der Waals surface area contributed by atoms with Crippen LogP contribution < -0.4 is 10.6 Å². The highest BCUT2D eigenvalue weighted by atomic mass is 16.1. The molecule has 1 aromatic rings. The third kappa shape index (κ3) is 3.25. The van der Waals surface area contributed by atoms with Crippen LogP contribution in [0, 0.1) is 0 Å². The molecule has 0 aliphatic rings. The number of carbonyl (C=O) groups is 1.